The van der Waals surface area contributed by atoms with Gasteiger partial charge in [0.15, 0.2) is 12.1 Å². The number of rotatable bonds is 8. The molecule has 1 unspecified atom stereocenters. The molecule has 0 saturated carbocycles. The van der Waals surface area contributed by atoms with Gasteiger partial charge in [0.1, 0.15) is 5.69 Å². The number of ether oxygens (including phenoxy) is 2. The van der Waals surface area contributed by atoms with Crippen LogP contribution in [0.5, 0.6) is 0 Å². The van der Waals surface area contributed by atoms with E-state index in [0.29, 0.717) is 23.1 Å². The molecule has 0 aliphatic carbocycles. The highest BCUT2D eigenvalue weighted by Crippen LogP contribution is 2.41. The van der Waals surface area contributed by atoms with E-state index in [0.717, 1.165) is 39.3 Å². The predicted octanol–water partition coefficient (Wildman–Crippen LogP) is 7.42. The molecule has 6 nitrogen and oxygen atoms in total. The average molecular weight is 551 g/mol. The van der Waals surface area contributed by atoms with Crippen LogP contribution in [0.4, 0.5) is 5.69 Å². The van der Waals surface area contributed by atoms with Gasteiger partial charge in [-0.05, 0) is 23.3 Å². The highest BCUT2D eigenvalue weighted by Gasteiger charge is 2.33. The fourth-order valence-corrected chi connectivity index (χ4v) is 5.67. The van der Waals surface area contributed by atoms with E-state index in [2.05, 4.69) is 0 Å². The first-order chi connectivity index (χ1) is 19.7. The molecule has 0 amide bonds. The van der Waals surface area contributed by atoms with Gasteiger partial charge in [0.25, 0.3) is 5.22 Å². The highest BCUT2D eigenvalue weighted by atomic mass is 32.2. The minimum Gasteiger partial charge on any atom is -0.431 e. The number of nitrogens with zero attached hydrogens (tertiary/aromatic N) is 1. The summed E-state index contributed by atoms with van der Waals surface area (Å²) in [6, 6.07) is 35.6. The number of aromatic nitrogens is 1. The Labute approximate surface area is 237 Å². The predicted molar refractivity (Wildman–Crippen MR) is 157 cm³/mol. The zero-order valence-electron chi connectivity index (χ0n) is 21.9. The fraction of sp³-hybridized carbons (Fsp3) is 0.182. The minimum absolute atomic E-state index is 0.00613. The van der Waals surface area contributed by atoms with Crippen LogP contribution in [0.15, 0.2) is 119 Å². The summed E-state index contributed by atoms with van der Waals surface area (Å²) >= 11 is 1.54. The number of hydrogen-bond acceptors (Lipinski definition) is 7. The first kappa shape index (κ1) is 26.3. The number of hydrogen-bond donors (Lipinski definition) is 2. The largest absolute Gasteiger partial charge is 0.431 e. The Kier molecular flexibility index (Phi) is 7.97. The van der Waals surface area contributed by atoms with Gasteiger partial charge in [-0.2, -0.15) is 0 Å². The van der Waals surface area contributed by atoms with Crippen molar-refractivity contribution in [3.8, 4) is 22.6 Å². The first-order valence-corrected chi connectivity index (χ1v) is 14.3. The fourth-order valence-electron chi connectivity index (χ4n) is 4.83. The molecule has 2 heterocycles. The van der Waals surface area contributed by atoms with Crippen molar-refractivity contribution in [2.45, 2.75) is 36.7 Å². The van der Waals surface area contributed by atoms with E-state index in [4.69, 9.17) is 24.6 Å². The minimum atomic E-state index is -0.560. The van der Waals surface area contributed by atoms with E-state index in [1.807, 2.05) is 109 Å². The van der Waals surface area contributed by atoms with E-state index in [-0.39, 0.29) is 18.8 Å². The first-order valence-electron chi connectivity index (χ1n) is 13.3. The summed E-state index contributed by atoms with van der Waals surface area (Å²) in [5.41, 5.74) is 12.3. The van der Waals surface area contributed by atoms with Crippen LogP contribution in [0.2, 0.25) is 0 Å². The van der Waals surface area contributed by atoms with E-state index in [9.17, 15) is 5.11 Å². The molecular weight excluding hydrogens is 520 g/mol. The van der Waals surface area contributed by atoms with E-state index in [1.54, 1.807) is 0 Å². The lowest BCUT2D eigenvalue weighted by Gasteiger charge is -2.36. The van der Waals surface area contributed by atoms with Crippen LogP contribution in [-0.4, -0.2) is 21.9 Å². The van der Waals surface area contributed by atoms with Crippen molar-refractivity contribution in [3.05, 3.63) is 126 Å². The summed E-state index contributed by atoms with van der Waals surface area (Å²) in [6.45, 7) is 0.00613. The molecule has 0 bridgehead atoms. The number of oxazole rings is 1. The van der Waals surface area contributed by atoms with Gasteiger partial charge in [-0.15, -0.1) is 0 Å². The van der Waals surface area contributed by atoms with Gasteiger partial charge in [-0.1, -0.05) is 109 Å². The highest BCUT2D eigenvalue weighted by molar-refractivity contribution is 7.99. The Morgan fingerprint density at radius 2 is 1.52 bits per heavy atom. The summed E-state index contributed by atoms with van der Waals surface area (Å²) < 4.78 is 19.2. The van der Waals surface area contributed by atoms with Gasteiger partial charge in [-0.25, -0.2) is 4.98 Å². The number of thioether (sulfide) groups is 1. The Morgan fingerprint density at radius 3 is 2.23 bits per heavy atom. The summed E-state index contributed by atoms with van der Waals surface area (Å²) in [6.07, 6.45) is -0.195. The van der Waals surface area contributed by atoms with E-state index < -0.39 is 6.29 Å². The SMILES string of the molecule is Nc1cccc(C2O[C@H](CSc3nc(-c4ccccc4)c(-c4ccccc4)o3)C[C@H](c3ccc(CO)cc3)O2)c1. The molecule has 0 radical (unpaired) electrons. The third-order valence-electron chi connectivity index (χ3n) is 6.88. The lowest BCUT2D eigenvalue weighted by molar-refractivity contribution is -0.245. The molecule has 40 heavy (non-hydrogen) atoms. The van der Waals surface area contributed by atoms with Crippen LogP contribution in [0.3, 0.4) is 0 Å². The lowest BCUT2D eigenvalue weighted by atomic mass is 10.0. The summed E-state index contributed by atoms with van der Waals surface area (Å²) in [5, 5.41) is 10.1. The molecule has 0 spiro atoms. The second kappa shape index (κ2) is 12.1. The molecule has 4 aromatic carbocycles. The zero-order valence-corrected chi connectivity index (χ0v) is 22.7. The molecular formula is C33H30N2O4S. The quantitative estimate of drug-likeness (QED) is 0.153. The Morgan fingerprint density at radius 1 is 0.800 bits per heavy atom. The number of benzene rings is 4. The van der Waals surface area contributed by atoms with E-state index in [1.165, 1.54) is 11.8 Å². The van der Waals surface area contributed by atoms with Crippen molar-refractivity contribution in [1.29, 1.82) is 0 Å². The maximum atomic E-state index is 9.46. The maximum Gasteiger partial charge on any atom is 0.256 e. The van der Waals surface area contributed by atoms with Gasteiger partial charge in [0.05, 0.1) is 18.8 Å². The van der Waals surface area contributed by atoms with Crippen LogP contribution in [-0.2, 0) is 16.1 Å². The maximum absolute atomic E-state index is 9.46. The molecule has 5 aromatic rings. The molecule has 1 aliphatic heterocycles. The van der Waals surface area contributed by atoms with Crippen molar-refractivity contribution < 1.29 is 19.0 Å². The molecule has 1 fully saturated rings. The van der Waals surface area contributed by atoms with Crippen LogP contribution >= 0.6 is 11.8 Å². The summed E-state index contributed by atoms with van der Waals surface area (Å²) in [4.78, 5) is 4.90. The number of nitrogen functional groups attached to an aromatic ring is 1. The third-order valence-corrected chi connectivity index (χ3v) is 7.84. The second-order valence-electron chi connectivity index (χ2n) is 9.72. The normalized spacial score (nSPS) is 19.0. The molecule has 3 atom stereocenters. The van der Waals surface area contributed by atoms with Gasteiger partial charge >= 0.3 is 0 Å². The Balaban J connectivity index is 1.25. The summed E-state index contributed by atoms with van der Waals surface area (Å²) in [7, 11) is 0. The number of aliphatic hydroxyl groups is 1. The van der Waals surface area contributed by atoms with Crippen LogP contribution in [0.1, 0.15) is 35.5 Å². The van der Waals surface area contributed by atoms with Crippen molar-refractivity contribution in [3.63, 3.8) is 0 Å². The average Bonchev–Trinajstić information content (AvgIpc) is 3.45. The van der Waals surface area contributed by atoms with Crippen molar-refractivity contribution in [1.82, 2.24) is 4.98 Å². The molecule has 1 aliphatic rings. The molecule has 6 rings (SSSR count). The van der Waals surface area contributed by atoms with Crippen LogP contribution in [0.25, 0.3) is 22.6 Å². The topological polar surface area (TPSA) is 90.7 Å². The smallest absolute Gasteiger partial charge is 0.256 e. The molecule has 1 saturated heterocycles. The number of aliphatic hydroxyl groups excluding tert-OH is 1. The monoisotopic (exact) mass is 550 g/mol. The molecule has 202 valence electrons. The van der Waals surface area contributed by atoms with Crippen molar-refractivity contribution in [2.24, 2.45) is 0 Å². The lowest BCUT2D eigenvalue weighted by Crippen LogP contribution is -2.31. The van der Waals surface area contributed by atoms with Crippen molar-refractivity contribution >= 4 is 17.4 Å². The molecule has 3 N–H and O–H groups in total. The van der Waals surface area contributed by atoms with E-state index >= 15 is 0 Å². The van der Waals surface area contributed by atoms with Crippen molar-refractivity contribution in [2.75, 3.05) is 11.5 Å². The van der Waals surface area contributed by atoms with Crippen LogP contribution < -0.4 is 5.73 Å². The number of anilines is 1. The summed E-state index contributed by atoms with van der Waals surface area (Å²) in [5.74, 6) is 1.39. The Hall–Kier alpha value is -3.88. The zero-order chi connectivity index (χ0) is 27.3. The number of nitrogens with two attached hydrogens (primary N) is 1. The second-order valence-corrected chi connectivity index (χ2v) is 10.7. The Bertz CT molecular complexity index is 1480. The van der Waals surface area contributed by atoms with Gasteiger partial charge < -0.3 is 24.7 Å². The van der Waals surface area contributed by atoms with Crippen LogP contribution in [0, 0.1) is 0 Å². The standard InChI is InChI=1S/C33H30N2O4S/c34-27-13-7-12-26(18-27)32-37-28(19-29(38-32)23-16-14-22(20-36)15-17-23)21-40-33-35-30(24-8-3-1-4-9-24)31(39-33)25-10-5-2-6-11-25/h1-18,28-29,32,36H,19-21,34H2/t28-,29+,32?/m0/s1. The molecule has 1 aromatic heterocycles. The van der Waals surface area contributed by atoms with Gasteiger partial charge in [0.2, 0.25) is 0 Å². The molecule has 7 heteroatoms. The third kappa shape index (κ3) is 5.98. The van der Waals surface area contributed by atoms with Gasteiger partial charge in [0, 0.05) is 34.6 Å². The van der Waals surface area contributed by atoms with Gasteiger partial charge in [-0.3, -0.25) is 0 Å².